The minimum Gasteiger partial charge on any atom is -0.374 e. The molecule has 114 valence electrons. The van der Waals surface area contributed by atoms with E-state index in [1.807, 2.05) is 0 Å². The number of rotatable bonds is 6. The molecule has 0 bridgehead atoms. The van der Waals surface area contributed by atoms with Gasteiger partial charge in [0, 0.05) is 31.3 Å². The van der Waals surface area contributed by atoms with Gasteiger partial charge in [0.1, 0.15) is 5.01 Å². The van der Waals surface area contributed by atoms with Crippen molar-refractivity contribution in [1.82, 2.24) is 20.2 Å². The Bertz CT molecular complexity index is 585. The van der Waals surface area contributed by atoms with Crippen LogP contribution in [0.1, 0.15) is 17.1 Å². The van der Waals surface area contributed by atoms with E-state index in [1.54, 1.807) is 0 Å². The lowest BCUT2D eigenvalue weighted by Gasteiger charge is -2.07. The number of aryl methyl sites for hydroxylation is 1. The number of nitrogens with two attached hydrogens (primary N) is 1. The summed E-state index contributed by atoms with van der Waals surface area (Å²) in [4.78, 5) is 7.99. The van der Waals surface area contributed by atoms with Crippen molar-refractivity contribution in [3.63, 3.8) is 0 Å². The normalized spacial score (nSPS) is 11.6. The first-order valence-corrected chi connectivity index (χ1v) is 6.94. The van der Waals surface area contributed by atoms with Crippen LogP contribution in [0.4, 0.5) is 24.3 Å². The standard InChI is InChI=1S/C11H13F3N6S/c12-11(13,14)4-1-7-2-5-16-10(18-7)17-6-3-8-19-20-9(15)21-8/h2,5H,1,3-4,6H2,(H2,15,20)(H,16,17,18). The van der Waals surface area contributed by atoms with E-state index in [9.17, 15) is 13.2 Å². The molecule has 10 heteroatoms. The maximum atomic E-state index is 12.2. The monoisotopic (exact) mass is 318 g/mol. The van der Waals surface area contributed by atoms with Crippen LogP contribution in [0.5, 0.6) is 0 Å². The minimum absolute atomic E-state index is 0.159. The highest BCUT2D eigenvalue weighted by atomic mass is 32.1. The zero-order valence-electron chi connectivity index (χ0n) is 10.9. The first-order chi connectivity index (χ1) is 9.92. The first kappa shape index (κ1) is 15.4. The molecule has 0 saturated heterocycles. The molecule has 2 aromatic rings. The number of hydrogen-bond donors (Lipinski definition) is 2. The SMILES string of the molecule is Nc1nnc(CCNc2nccc(CCC(F)(F)F)n2)s1. The predicted molar refractivity (Wildman–Crippen MR) is 72.9 cm³/mol. The summed E-state index contributed by atoms with van der Waals surface area (Å²) in [7, 11) is 0. The molecule has 0 fully saturated rings. The van der Waals surface area contributed by atoms with Crippen molar-refractivity contribution >= 4 is 22.4 Å². The molecule has 0 aromatic carbocycles. The van der Waals surface area contributed by atoms with E-state index in [2.05, 4.69) is 25.5 Å². The molecule has 2 aromatic heterocycles. The molecule has 0 radical (unpaired) electrons. The number of anilines is 2. The molecule has 0 aliphatic rings. The summed E-state index contributed by atoms with van der Waals surface area (Å²) in [5.74, 6) is 0.298. The van der Waals surface area contributed by atoms with Gasteiger partial charge >= 0.3 is 6.18 Å². The lowest BCUT2D eigenvalue weighted by molar-refractivity contribution is -0.134. The van der Waals surface area contributed by atoms with Crippen molar-refractivity contribution in [3.8, 4) is 0 Å². The van der Waals surface area contributed by atoms with Crippen molar-refractivity contribution in [1.29, 1.82) is 0 Å². The van der Waals surface area contributed by atoms with Crippen LogP contribution >= 0.6 is 11.3 Å². The van der Waals surface area contributed by atoms with Crippen molar-refractivity contribution in [3.05, 3.63) is 23.0 Å². The highest BCUT2D eigenvalue weighted by Crippen LogP contribution is 2.21. The van der Waals surface area contributed by atoms with Gasteiger partial charge in [0.25, 0.3) is 0 Å². The lowest BCUT2D eigenvalue weighted by atomic mass is 10.2. The second-order valence-electron chi connectivity index (χ2n) is 4.20. The Labute approximate surface area is 122 Å². The molecular formula is C11H13F3N6S. The van der Waals surface area contributed by atoms with Gasteiger partial charge in [-0.2, -0.15) is 13.2 Å². The molecule has 0 aliphatic heterocycles. The fourth-order valence-electron chi connectivity index (χ4n) is 1.54. The number of nitrogens with zero attached hydrogens (tertiary/aromatic N) is 4. The molecule has 21 heavy (non-hydrogen) atoms. The van der Waals surface area contributed by atoms with Crippen LogP contribution in [0, 0.1) is 0 Å². The Kier molecular flexibility index (Phi) is 4.89. The van der Waals surface area contributed by atoms with Gasteiger partial charge in [0.15, 0.2) is 0 Å². The molecule has 0 amide bonds. The van der Waals surface area contributed by atoms with E-state index in [1.165, 1.54) is 23.6 Å². The third kappa shape index (κ3) is 5.50. The van der Waals surface area contributed by atoms with Crippen LogP contribution in [0.25, 0.3) is 0 Å². The molecule has 0 unspecified atom stereocenters. The summed E-state index contributed by atoms with van der Waals surface area (Å²) in [6.45, 7) is 0.497. The third-order valence-corrected chi connectivity index (χ3v) is 3.29. The molecular weight excluding hydrogens is 305 g/mol. The smallest absolute Gasteiger partial charge is 0.374 e. The Hall–Kier alpha value is -1.97. The van der Waals surface area contributed by atoms with Gasteiger partial charge < -0.3 is 11.1 Å². The number of alkyl halides is 3. The summed E-state index contributed by atoms with van der Waals surface area (Å²) in [5.41, 5.74) is 5.81. The van der Waals surface area contributed by atoms with Crippen LogP contribution in [0.2, 0.25) is 0 Å². The fourth-order valence-corrected chi connectivity index (χ4v) is 2.15. The predicted octanol–water partition coefficient (Wildman–Crippen LogP) is 2.06. The largest absolute Gasteiger partial charge is 0.389 e. The summed E-state index contributed by atoms with van der Waals surface area (Å²) in [6, 6.07) is 1.47. The molecule has 0 atom stereocenters. The molecule has 3 N–H and O–H groups in total. The zero-order chi connectivity index (χ0) is 15.3. The third-order valence-electron chi connectivity index (χ3n) is 2.48. The van der Waals surface area contributed by atoms with Gasteiger partial charge in [-0.3, -0.25) is 0 Å². The Balaban J connectivity index is 1.83. The topological polar surface area (TPSA) is 89.6 Å². The van der Waals surface area contributed by atoms with Gasteiger partial charge in [-0.25, -0.2) is 9.97 Å². The molecule has 6 nitrogen and oxygen atoms in total. The van der Waals surface area contributed by atoms with Crippen molar-refractivity contribution < 1.29 is 13.2 Å². The van der Waals surface area contributed by atoms with Crippen molar-refractivity contribution in [2.75, 3.05) is 17.6 Å². The van der Waals surface area contributed by atoms with E-state index in [4.69, 9.17) is 5.73 Å². The number of halogens is 3. The number of nitrogens with one attached hydrogen (secondary N) is 1. The number of hydrogen-bond acceptors (Lipinski definition) is 7. The average molecular weight is 318 g/mol. The highest BCUT2D eigenvalue weighted by Gasteiger charge is 2.26. The van der Waals surface area contributed by atoms with Crippen LogP contribution in [-0.2, 0) is 12.8 Å². The summed E-state index contributed by atoms with van der Waals surface area (Å²) in [6.07, 6.45) is -3.22. The molecule has 0 aliphatic carbocycles. The quantitative estimate of drug-likeness (QED) is 0.847. The van der Waals surface area contributed by atoms with Crippen LogP contribution in [0.15, 0.2) is 12.3 Å². The highest BCUT2D eigenvalue weighted by molar-refractivity contribution is 7.15. The van der Waals surface area contributed by atoms with Crippen LogP contribution in [-0.4, -0.2) is 32.9 Å². The fraction of sp³-hybridized carbons (Fsp3) is 0.455. The average Bonchev–Trinajstić information content (AvgIpc) is 2.82. The Morgan fingerprint density at radius 1 is 1.24 bits per heavy atom. The Morgan fingerprint density at radius 2 is 2.05 bits per heavy atom. The molecule has 0 saturated carbocycles. The van der Waals surface area contributed by atoms with E-state index in [0.29, 0.717) is 29.7 Å². The Morgan fingerprint density at radius 3 is 2.71 bits per heavy atom. The van der Waals surface area contributed by atoms with Crippen molar-refractivity contribution in [2.45, 2.75) is 25.4 Å². The van der Waals surface area contributed by atoms with Gasteiger partial charge in [-0.1, -0.05) is 11.3 Å². The minimum atomic E-state index is -4.18. The lowest BCUT2D eigenvalue weighted by Crippen LogP contribution is -2.11. The number of aromatic nitrogens is 4. The summed E-state index contributed by atoms with van der Waals surface area (Å²) in [5, 5.41) is 11.6. The maximum absolute atomic E-state index is 12.2. The maximum Gasteiger partial charge on any atom is 0.389 e. The zero-order valence-corrected chi connectivity index (χ0v) is 11.7. The van der Waals surface area contributed by atoms with Crippen LogP contribution < -0.4 is 11.1 Å². The molecule has 2 heterocycles. The van der Waals surface area contributed by atoms with E-state index in [-0.39, 0.29) is 6.42 Å². The van der Waals surface area contributed by atoms with E-state index in [0.717, 1.165) is 5.01 Å². The second kappa shape index (κ2) is 6.66. The van der Waals surface area contributed by atoms with Gasteiger partial charge in [-0.05, 0) is 12.5 Å². The molecule has 2 rings (SSSR count). The second-order valence-corrected chi connectivity index (χ2v) is 5.29. The van der Waals surface area contributed by atoms with Crippen molar-refractivity contribution in [2.24, 2.45) is 0 Å². The first-order valence-electron chi connectivity index (χ1n) is 6.13. The van der Waals surface area contributed by atoms with E-state index < -0.39 is 12.6 Å². The van der Waals surface area contributed by atoms with Crippen LogP contribution in [0.3, 0.4) is 0 Å². The molecule has 0 spiro atoms. The number of nitrogen functional groups attached to an aromatic ring is 1. The summed E-state index contributed by atoms with van der Waals surface area (Å²) < 4.78 is 36.5. The van der Waals surface area contributed by atoms with E-state index >= 15 is 0 Å². The van der Waals surface area contributed by atoms with Gasteiger partial charge in [-0.15, -0.1) is 10.2 Å². The summed E-state index contributed by atoms with van der Waals surface area (Å²) >= 11 is 1.29. The van der Waals surface area contributed by atoms with Gasteiger partial charge in [0.05, 0.1) is 0 Å². The van der Waals surface area contributed by atoms with Gasteiger partial charge in [0.2, 0.25) is 11.1 Å².